The van der Waals surface area contributed by atoms with E-state index in [1.807, 2.05) is 18.5 Å². The van der Waals surface area contributed by atoms with Crippen LogP contribution in [0.4, 0.5) is 0 Å². The summed E-state index contributed by atoms with van der Waals surface area (Å²) in [6.07, 6.45) is 0. The Labute approximate surface area is 172 Å². The number of guanidine groups is 1. The van der Waals surface area contributed by atoms with Gasteiger partial charge in [-0.2, -0.15) is 0 Å². The van der Waals surface area contributed by atoms with Gasteiger partial charge in [0.1, 0.15) is 12.4 Å². The number of fused-ring (bicyclic) bond motifs is 3. The Balaban J connectivity index is 0.00000243. The van der Waals surface area contributed by atoms with Gasteiger partial charge in [0.25, 0.3) is 0 Å². The highest BCUT2D eigenvalue weighted by molar-refractivity contribution is 14.0. The first-order chi connectivity index (χ1) is 12.2. The third-order valence-corrected chi connectivity index (χ3v) is 5.06. The molecule has 0 radical (unpaired) electrons. The maximum Gasteiger partial charge on any atom is 0.191 e. The van der Waals surface area contributed by atoms with Crippen LogP contribution < -0.4 is 10.6 Å². The Hall–Kier alpha value is -0.980. The maximum absolute atomic E-state index is 5.13. The Morgan fingerprint density at radius 1 is 1.23 bits per heavy atom. The van der Waals surface area contributed by atoms with E-state index in [1.165, 1.54) is 26.2 Å². The van der Waals surface area contributed by atoms with Crippen molar-refractivity contribution < 1.29 is 4.74 Å². The van der Waals surface area contributed by atoms with Crippen molar-refractivity contribution in [3.05, 3.63) is 11.6 Å². The summed E-state index contributed by atoms with van der Waals surface area (Å²) in [6, 6.07) is 0.550. The van der Waals surface area contributed by atoms with E-state index in [-0.39, 0.29) is 24.0 Å². The van der Waals surface area contributed by atoms with Crippen LogP contribution >= 0.6 is 24.0 Å². The van der Waals surface area contributed by atoms with Crippen molar-refractivity contribution in [2.24, 2.45) is 12.0 Å². The summed E-state index contributed by atoms with van der Waals surface area (Å²) in [4.78, 5) is 9.79. The molecule has 0 saturated carbocycles. The zero-order valence-electron chi connectivity index (χ0n) is 15.9. The minimum atomic E-state index is 0. The molecule has 1 atom stereocenters. The van der Waals surface area contributed by atoms with Crippen LogP contribution in [0.1, 0.15) is 11.6 Å². The Morgan fingerprint density at radius 2 is 2.00 bits per heavy atom. The van der Waals surface area contributed by atoms with Gasteiger partial charge in [-0.05, 0) is 6.92 Å². The molecule has 2 N–H and O–H groups in total. The molecule has 3 saturated heterocycles. The molecule has 9 nitrogen and oxygen atoms in total. The number of piperazine rings is 3. The number of ether oxygens (including phenoxy) is 1. The molecule has 0 aromatic carbocycles. The van der Waals surface area contributed by atoms with Crippen LogP contribution in [0, 0.1) is 6.92 Å². The molecule has 10 heteroatoms. The summed E-state index contributed by atoms with van der Waals surface area (Å²) >= 11 is 0. The fraction of sp³-hybridized carbons (Fsp3) is 0.812. The summed E-state index contributed by atoms with van der Waals surface area (Å²) in [5.74, 6) is 2.56. The summed E-state index contributed by atoms with van der Waals surface area (Å²) in [7, 11) is 3.67. The molecular weight excluding hydrogens is 447 g/mol. The first-order valence-electron chi connectivity index (χ1n) is 8.99. The van der Waals surface area contributed by atoms with E-state index in [1.54, 1.807) is 7.11 Å². The van der Waals surface area contributed by atoms with Crippen LogP contribution in [0.5, 0.6) is 0 Å². The Morgan fingerprint density at radius 3 is 2.58 bits per heavy atom. The van der Waals surface area contributed by atoms with Crippen molar-refractivity contribution in [2.75, 3.05) is 59.5 Å². The number of nitrogens with one attached hydrogen (secondary N) is 2. The molecule has 1 aromatic rings. The second kappa shape index (κ2) is 10.4. The number of nitrogens with zero attached hydrogens (tertiary/aromatic N) is 6. The number of rotatable bonds is 7. The first kappa shape index (κ1) is 21.3. The number of halogens is 1. The molecule has 3 fully saturated rings. The van der Waals surface area contributed by atoms with E-state index in [9.17, 15) is 0 Å². The minimum absolute atomic E-state index is 0. The van der Waals surface area contributed by atoms with Crippen LogP contribution in [0.3, 0.4) is 0 Å². The van der Waals surface area contributed by atoms with E-state index in [2.05, 4.69) is 35.6 Å². The van der Waals surface area contributed by atoms with Gasteiger partial charge in [-0.25, -0.2) is 4.99 Å². The van der Waals surface area contributed by atoms with Crippen molar-refractivity contribution in [1.29, 1.82) is 0 Å². The van der Waals surface area contributed by atoms with E-state index in [4.69, 9.17) is 4.74 Å². The fourth-order valence-corrected chi connectivity index (χ4v) is 3.32. The molecule has 2 bridgehead atoms. The van der Waals surface area contributed by atoms with Crippen LogP contribution in [0.2, 0.25) is 0 Å². The van der Waals surface area contributed by atoms with Crippen molar-refractivity contribution in [1.82, 2.24) is 35.2 Å². The highest BCUT2D eigenvalue weighted by Crippen LogP contribution is 2.14. The SMILES string of the molecule is COCCNC(=NCc1nnc(C)n1C)NCC1CN2CCN1CC2.I. The van der Waals surface area contributed by atoms with Gasteiger partial charge < -0.3 is 19.9 Å². The molecule has 26 heavy (non-hydrogen) atoms. The molecule has 0 aliphatic carbocycles. The molecule has 0 spiro atoms. The lowest BCUT2D eigenvalue weighted by Crippen LogP contribution is -2.63. The summed E-state index contributed by atoms with van der Waals surface area (Å²) < 4.78 is 7.09. The number of aryl methyl sites for hydroxylation is 1. The summed E-state index contributed by atoms with van der Waals surface area (Å²) in [6.45, 7) is 10.6. The lowest BCUT2D eigenvalue weighted by molar-refractivity contribution is 0.0154. The van der Waals surface area contributed by atoms with Gasteiger partial charge in [-0.3, -0.25) is 9.80 Å². The molecule has 148 valence electrons. The van der Waals surface area contributed by atoms with Gasteiger partial charge in [-0.15, -0.1) is 34.2 Å². The number of hydrogen-bond acceptors (Lipinski definition) is 6. The predicted octanol–water partition coefficient (Wildman–Crippen LogP) is -0.577. The standard InChI is InChI=1S/C16H30N8O.HI/c1-13-20-21-15(22(13)2)11-19-16(17-4-9-25-3)18-10-14-12-23-5-7-24(14)8-6-23;/h14H,4-12H2,1-3H3,(H2,17,18,19);1H. The molecule has 3 aliphatic rings. The smallest absolute Gasteiger partial charge is 0.191 e. The zero-order chi connectivity index (χ0) is 17.6. The predicted molar refractivity (Wildman–Crippen MR) is 112 cm³/mol. The number of hydrogen-bond donors (Lipinski definition) is 2. The Kier molecular flexibility index (Phi) is 8.51. The zero-order valence-corrected chi connectivity index (χ0v) is 18.3. The second-order valence-corrected chi connectivity index (χ2v) is 6.68. The lowest BCUT2D eigenvalue weighted by atomic mass is 10.1. The van der Waals surface area contributed by atoms with E-state index < -0.39 is 0 Å². The Bertz CT molecular complexity index is 585. The molecule has 1 aromatic heterocycles. The average molecular weight is 478 g/mol. The highest BCUT2D eigenvalue weighted by atomic mass is 127. The third kappa shape index (κ3) is 5.51. The van der Waals surface area contributed by atoms with Gasteiger partial charge in [0.05, 0.1) is 6.61 Å². The van der Waals surface area contributed by atoms with Gasteiger partial charge in [-0.1, -0.05) is 0 Å². The summed E-state index contributed by atoms with van der Waals surface area (Å²) in [5, 5.41) is 15.1. The monoisotopic (exact) mass is 478 g/mol. The second-order valence-electron chi connectivity index (χ2n) is 6.68. The normalized spacial score (nSPS) is 25.0. The number of aliphatic imine (C=N–C) groups is 1. The van der Waals surface area contributed by atoms with Crippen LogP contribution in [-0.2, 0) is 18.3 Å². The van der Waals surface area contributed by atoms with E-state index >= 15 is 0 Å². The highest BCUT2D eigenvalue weighted by Gasteiger charge is 2.31. The molecule has 1 unspecified atom stereocenters. The third-order valence-electron chi connectivity index (χ3n) is 5.06. The minimum Gasteiger partial charge on any atom is -0.383 e. The average Bonchev–Trinajstić information content (AvgIpc) is 2.96. The summed E-state index contributed by atoms with van der Waals surface area (Å²) in [5.41, 5.74) is 0. The van der Waals surface area contributed by atoms with Crippen LogP contribution in [-0.4, -0.2) is 96.1 Å². The largest absolute Gasteiger partial charge is 0.383 e. The maximum atomic E-state index is 5.13. The van der Waals surface area contributed by atoms with E-state index in [0.717, 1.165) is 37.2 Å². The van der Waals surface area contributed by atoms with Crippen molar-refractivity contribution in [3.8, 4) is 0 Å². The topological polar surface area (TPSA) is 82.8 Å². The van der Waals surface area contributed by atoms with Gasteiger partial charge in [0, 0.05) is 66.0 Å². The van der Waals surface area contributed by atoms with Gasteiger partial charge >= 0.3 is 0 Å². The van der Waals surface area contributed by atoms with Gasteiger partial charge in [0.2, 0.25) is 0 Å². The van der Waals surface area contributed by atoms with Crippen molar-refractivity contribution in [2.45, 2.75) is 19.5 Å². The molecular formula is C16H31IN8O. The molecule has 4 rings (SSSR count). The van der Waals surface area contributed by atoms with Crippen molar-refractivity contribution in [3.63, 3.8) is 0 Å². The van der Waals surface area contributed by atoms with Crippen molar-refractivity contribution >= 4 is 29.9 Å². The molecule has 3 aliphatic heterocycles. The van der Waals surface area contributed by atoms with E-state index in [0.29, 0.717) is 19.2 Å². The fourth-order valence-electron chi connectivity index (χ4n) is 3.32. The lowest BCUT2D eigenvalue weighted by Gasteiger charge is -2.47. The quantitative estimate of drug-likeness (QED) is 0.235. The van der Waals surface area contributed by atoms with Crippen LogP contribution in [0.15, 0.2) is 4.99 Å². The van der Waals surface area contributed by atoms with Crippen LogP contribution in [0.25, 0.3) is 0 Å². The van der Waals surface area contributed by atoms with Gasteiger partial charge in [0.15, 0.2) is 11.8 Å². The number of methoxy groups -OCH3 is 1. The molecule has 4 heterocycles. The first-order valence-corrected chi connectivity index (χ1v) is 8.99. The molecule has 0 amide bonds. The number of aromatic nitrogens is 3.